The molecule has 0 aliphatic heterocycles. The van der Waals surface area contributed by atoms with Crippen molar-refractivity contribution in [3.05, 3.63) is 54.4 Å². The number of halogens is 1. The molecule has 0 saturated heterocycles. The molecule has 0 unspecified atom stereocenters. The maximum Gasteiger partial charge on any atom is 0.407 e. The number of H-pyrrole nitrogens is 1. The average molecular weight is 480 g/mol. The van der Waals surface area contributed by atoms with Gasteiger partial charge in [-0.05, 0) is 47.0 Å². The summed E-state index contributed by atoms with van der Waals surface area (Å²) in [6.07, 6.45) is 4.64. The standard InChI is InChI=1S/C25H30FN7O2/c1-25(2,3)35-24(34)27-12-17-7-6-16(10-20(17)26)22-19-11-21(31-23(19)29-15-28-22)18-13-30-33(14-18)9-8-32(4)5/h6-7,10-11,13-15H,8-9,12H2,1-5H3,(H,27,34)(H,28,29,31). The van der Waals surface area contributed by atoms with Gasteiger partial charge in [-0.25, -0.2) is 19.2 Å². The number of ether oxygens (including phenoxy) is 1. The monoisotopic (exact) mass is 479 g/mol. The Bertz CT molecular complexity index is 1340. The molecule has 184 valence electrons. The fraction of sp³-hybridized carbons (Fsp3) is 0.360. The van der Waals surface area contributed by atoms with Crippen molar-refractivity contribution in [3.8, 4) is 22.5 Å². The molecule has 10 heteroatoms. The van der Waals surface area contributed by atoms with Gasteiger partial charge in [-0.2, -0.15) is 5.10 Å². The van der Waals surface area contributed by atoms with Gasteiger partial charge in [-0.1, -0.05) is 12.1 Å². The second-order valence-corrected chi connectivity index (χ2v) is 9.62. The molecule has 1 amide bonds. The lowest BCUT2D eigenvalue weighted by atomic mass is 10.1. The summed E-state index contributed by atoms with van der Waals surface area (Å²) in [5.41, 5.74) is 3.41. The van der Waals surface area contributed by atoms with Gasteiger partial charge in [0, 0.05) is 41.4 Å². The van der Waals surface area contributed by atoms with Crippen LogP contribution in [0.25, 0.3) is 33.5 Å². The molecule has 4 aromatic rings. The van der Waals surface area contributed by atoms with Gasteiger partial charge in [0.15, 0.2) is 0 Å². The Kier molecular flexibility index (Phi) is 6.83. The normalized spacial score (nSPS) is 11.9. The zero-order valence-electron chi connectivity index (χ0n) is 20.6. The minimum absolute atomic E-state index is 0.0202. The Morgan fingerprint density at radius 1 is 1.20 bits per heavy atom. The van der Waals surface area contributed by atoms with E-state index < -0.39 is 17.5 Å². The van der Waals surface area contributed by atoms with Crippen molar-refractivity contribution < 1.29 is 13.9 Å². The van der Waals surface area contributed by atoms with Crippen LogP contribution in [0.4, 0.5) is 9.18 Å². The fourth-order valence-corrected chi connectivity index (χ4v) is 3.57. The van der Waals surface area contributed by atoms with E-state index in [1.165, 1.54) is 12.4 Å². The average Bonchev–Trinajstić information content (AvgIpc) is 3.42. The molecule has 0 aliphatic rings. The van der Waals surface area contributed by atoms with E-state index in [-0.39, 0.29) is 6.54 Å². The first kappa shape index (κ1) is 24.3. The lowest BCUT2D eigenvalue weighted by Crippen LogP contribution is -2.32. The van der Waals surface area contributed by atoms with Crippen LogP contribution in [-0.2, 0) is 17.8 Å². The highest BCUT2D eigenvalue weighted by molar-refractivity contribution is 5.94. The van der Waals surface area contributed by atoms with Crippen LogP contribution >= 0.6 is 0 Å². The van der Waals surface area contributed by atoms with Crippen LogP contribution in [0.3, 0.4) is 0 Å². The van der Waals surface area contributed by atoms with Gasteiger partial charge in [-0.15, -0.1) is 0 Å². The van der Waals surface area contributed by atoms with Crippen molar-refractivity contribution in [2.75, 3.05) is 20.6 Å². The van der Waals surface area contributed by atoms with Gasteiger partial charge in [0.05, 0.1) is 24.1 Å². The Labute approximate surface area is 203 Å². The summed E-state index contributed by atoms with van der Waals surface area (Å²) in [5, 5.41) is 7.79. The maximum atomic E-state index is 14.9. The van der Waals surface area contributed by atoms with Crippen molar-refractivity contribution in [1.82, 2.24) is 34.9 Å². The first-order valence-electron chi connectivity index (χ1n) is 11.4. The molecule has 35 heavy (non-hydrogen) atoms. The number of nitrogens with one attached hydrogen (secondary N) is 2. The Balaban J connectivity index is 1.55. The largest absolute Gasteiger partial charge is 0.444 e. The minimum atomic E-state index is -0.620. The molecule has 3 aromatic heterocycles. The summed E-state index contributed by atoms with van der Waals surface area (Å²) in [5.74, 6) is -0.441. The van der Waals surface area contributed by atoms with E-state index in [9.17, 15) is 9.18 Å². The molecule has 2 N–H and O–H groups in total. The van der Waals surface area contributed by atoms with Crippen LogP contribution in [0.5, 0.6) is 0 Å². The molecule has 3 heterocycles. The molecule has 4 rings (SSSR count). The van der Waals surface area contributed by atoms with Crippen LogP contribution in [0, 0.1) is 5.82 Å². The molecule has 1 aromatic carbocycles. The fourth-order valence-electron chi connectivity index (χ4n) is 3.57. The van der Waals surface area contributed by atoms with Crippen molar-refractivity contribution in [2.24, 2.45) is 0 Å². The van der Waals surface area contributed by atoms with Gasteiger partial charge < -0.3 is 19.9 Å². The zero-order chi connectivity index (χ0) is 25.2. The summed E-state index contributed by atoms with van der Waals surface area (Å²) in [6, 6.07) is 6.79. The second-order valence-electron chi connectivity index (χ2n) is 9.62. The molecule has 0 fully saturated rings. The third-order valence-electron chi connectivity index (χ3n) is 5.29. The molecule has 0 spiro atoms. The topological polar surface area (TPSA) is 101 Å². The smallest absolute Gasteiger partial charge is 0.407 e. The number of amides is 1. The number of rotatable bonds is 7. The van der Waals surface area contributed by atoms with Crippen molar-refractivity contribution >= 4 is 17.1 Å². The number of aromatic nitrogens is 5. The summed E-state index contributed by atoms with van der Waals surface area (Å²) in [4.78, 5) is 26.0. The van der Waals surface area contributed by atoms with E-state index in [1.807, 2.05) is 31.0 Å². The second kappa shape index (κ2) is 9.83. The first-order valence-corrected chi connectivity index (χ1v) is 11.4. The highest BCUT2D eigenvalue weighted by Gasteiger charge is 2.17. The lowest BCUT2D eigenvalue weighted by molar-refractivity contribution is 0.0523. The first-order chi connectivity index (χ1) is 16.6. The third-order valence-corrected chi connectivity index (χ3v) is 5.29. The van der Waals surface area contributed by atoms with E-state index in [4.69, 9.17) is 4.74 Å². The van der Waals surface area contributed by atoms with E-state index >= 15 is 0 Å². The van der Waals surface area contributed by atoms with Crippen LogP contribution in [-0.4, -0.2) is 62.0 Å². The van der Waals surface area contributed by atoms with Crippen LogP contribution in [0.1, 0.15) is 26.3 Å². The van der Waals surface area contributed by atoms with E-state index in [0.29, 0.717) is 22.5 Å². The number of aromatic amines is 1. The molecule has 0 atom stereocenters. The molecule has 0 bridgehead atoms. The summed E-state index contributed by atoms with van der Waals surface area (Å²) < 4.78 is 22.0. The van der Waals surface area contributed by atoms with Crippen molar-refractivity contribution in [2.45, 2.75) is 39.5 Å². The molecule has 9 nitrogen and oxygen atoms in total. The number of fused-ring (bicyclic) bond motifs is 1. The van der Waals surface area contributed by atoms with Gasteiger partial charge in [0.2, 0.25) is 0 Å². The van der Waals surface area contributed by atoms with Crippen LogP contribution in [0.15, 0.2) is 43.0 Å². The highest BCUT2D eigenvalue weighted by Crippen LogP contribution is 2.30. The summed E-state index contributed by atoms with van der Waals surface area (Å²) in [7, 11) is 4.05. The van der Waals surface area contributed by atoms with Gasteiger partial charge in [-0.3, -0.25) is 4.68 Å². The van der Waals surface area contributed by atoms with Crippen molar-refractivity contribution in [3.63, 3.8) is 0 Å². The predicted octanol–water partition coefficient (Wildman–Crippen LogP) is 4.21. The van der Waals surface area contributed by atoms with Crippen molar-refractivity contribution in [1.29, 1.82) is 0 Å². The molecule has 0 aliphatic carbocycles. The third kappa shape index (κ3) is 6.02. The number of alkyl carbamates (subject to hydrolysis) is 1. The number of carbonyl (C=O) groups excluding carboxylic acids is 1. The summed E-state index contributed by atoms with van der Waals surface area (Å²) >= 11 is 0. The Morgan fingerprint density at radius 3 is 2.71 bits per heavy atom. The molecular formula is C25H30FN7O2. The van der Waals surface area contributed by atoms with Gasteiger partial charge >= 0.3 is 6.09 Å². The molecule has 0 radical (unpaired) electrons. The number of hydrogen-bond acceptors (Lipinski definition) is 6. The Hall–Kier alpha value is -3.79. The van der Waals surface area contributed by atoms with E-state index in [0.717, 1.165) is 29.7 Å². The predicted molar refractivity (Wildman–Crippen MR) is 132 cm³/mol. The van der Waals surface area contributed by atoms with Gasteiger partial charge in [0.25, 0.3) is 0 Å². The minimum Gasteiger partial charge on any atom is -0.444 e. The molecule has 0 saturated carbocycles. The number of likely N-dealkylation sites (N-methyl/N-ethyl adjacent to an activating group) is 1. The van der Waals surface area contributed by atoms with E-state index in [1.54, 1.807) is 39.1 Å². The maximum absolute atomic E-state index is 14.9. The Morgan fingerprint density at radius 2 is 2.00 bits per heavy atom. The lowest BCUT2D eigenvalue weighted by Gasteiger charge is -2.19. The number of hydrogen-bond donors (Lipinski definition) is 2. The number of benzene rings is 1. The SMILES string of the molecule is CN(C)CCn1cc(-c2cc3c(-c4ccc(CNC(=O)OC(C)(C)C)c(F)c4)ncnc3[nH]2)cn1. The van der Waals surface area contributed by atoms with Crippen LogP contribution < -0.4 is 5.32 Å². The quantitative estimate of drug-likeness (QED) is 0.412. The molecular weight excluding hydrogens is 449 g/mol. The summed E-state index contributed by atoms with van der Waals surface area (Å²) in [6.45, 7) is 7.01. The number of nitrogens with zero attached hydrogens (tertiary/aromatic N) is 5. The van der Waals surface area contributed by atoms with Crippen LogP contribution in [0.2, 0.25) is 0 Å². The zero-order valence-corrected chi connectivity index (χ0v) is 20.6. The van der Waals surface area contributed by atoms with Gasteiger partial charge in [0.1, 0.15) is 23.4 Å². The van der Waals surface area contributed by atoms with E-state index in [2.05, 4.69) is 30.3 Å². The number of carbonyl (C=O) groups is 1. The highest BCUT2D eigenvalue weighted by atomic mass is 19.1.